The molecule has 0 unspecified atom stereocenters. The molecule has 0 heterocycles. The second-order valence-corrected chi connectivity index (χ2v) is 6.69. The lowest BCUT2D eigenvalue weighted by molar-refractivity contribution is -0.135. The quantitative estimate of drug-likeness (QED) is 0.844. The lowest BCUT2D eigenvalue weighted by Crippen LogP contribution is -2.51. The summed E-state index contributed by atoms with van der Waals surface area (Å²) in [7, 11) is 0. The topological polar surface area (TPSA) is 52.9 Å². The summed E-state index contributed by atoms with van der Waals surface area (Å²) in [5.74, 6) is 1.37. The Bertz CT molecular complexity index is 357. The van der Waals surface area contributed by atoms with Crippen LogP contribution in [0.25, 0.3) is 0 Å². The summed E-state index contributed by atoms with van der Waals surface area (Å²) in [6.07, 6.45) is 8.70. The van der Waals surface area contributed by atoms with Gasteiger partial charge in [-0.05, 0) is 50.4 Å². The third-order valence-electron chi connectivity index (χ3n) is 4.92. The Morgan fingerprint density at radius 2 is 1.95 bits per heavy atom. The first-order chi connectivity index (χ1) is 9.09. The number of rotatable bonds is 4. The van der Waals surface area contributed by atoms with E-state index in [0.717, 1.165) is 31.6 Å². The highest BCUT2D eigenvalue weighted by Gasteiger charge is 2.49. The largest absolute Gasteiger partial charge is 0.352 e. The SMILES string of the molecule is CCCC1CCC(NC(=O)C2(C#N)CC(C)C2)CC1. The van der Waals surface area contributed by atoms with Crippen LogP contribution >= 0.6 is 0 Å². The Hall–Kier alpha value is -1.04. The van der Waals surface area contributed by atoms with E-state index in [2.05, 4.69) is 25.2 Å². The fourth-order valence-corrected chi connectivity index (χ4v) is 3.78. The van der Waals surface area contributed by atoms with Crippen molar-refractivity contribution in [1.82, 2.24) is 5.32 Å². The molecule has 2 rings (SSSR count). The number of nitriles is 1. The number of carbonyl (C=O) groups is 1. The molecule has 0 aliphatic heterocycles. The van der Waals surface area contributed by atoms with Gasteiger partial charge in [0.05, 0.1) is 6.07 Å². The molecule has 19 heavy (non-hydrogen) atoms. The van der Waals surface area contributed by atoms with Crippen LogP contribution in [0.1, 0.15) is 65.2 Å². The highest BCUT2D eigenvalue weighted by Crippen LogP contribution is 2.45. The number of hydrogen-bond acceptors (Lipinski definition) is 2. The van der Waals surface area contributed by atoms with Crippen molar-refractivity contribution < 1.29 is 4.79 Å². The van der Waals surface area contributed by atoms with E-state index in [0.29, 0.717) is 12.0 Å². The molecule has 1 N–H and O–H groups in total. The summed E-state index contributed by atoms with van der Waals surface area (Å²) in [5.41, 5.74) is -0.709. The zero-order valence-corrected chi connectivity index (χ0v) is 12.2. The van der Waals surface area contributed by atoms with Crippen molar-refractivity contribution in [2.75, 3.05) is 0 Å². The Balaban J connectivity index is 1.80. The van der Waals surface area contributed by atoms with Gasteiger partial charge in [-0.3, -0.25) is 4.79 Å². The minimum Gasteiger partial charge on any atom is -0.352 e. The van der Waals surface area contributed by atoms with Gasteiger partial charge in [-0.25, -0.2) is 0 Å². The second kappa shape index (κ2) is 5.94. The van der Waals surface area contributed by atoms with Gasteiger partial charge in [0, 0.05) is 6.04 Å². The molecule has 0 spiro atoms. The molecular weight excluding hydrogens is 236 g/mol. The molecular formula is C16H26N2O. The smallest absolute Gasteiger partial charge is 0.240 e. The van der Waals surface area contributed by atoms with Gasteiger partial charge in [-0.15, -0.1) is 0 Å². The monoisotopic (exact) mass is 262 g/mol. The first-order valence-corrected chi connectivity index (χ1v) is 7.82. The molecule has 2 aliphatic rings. The third kappa shape index (κ3) is 3.11. The maximum absolute atomic E-state index is 12.3. The predicted molar refractivity (Wildman–Crippen MR) is 75.2 cm³/mol. The molecule has 1 amide bonds. The maximum Gasteiger partial charge on any atom is 0.240 e. The van der Waals surface area contributed by atoms with E-state index >= 15 is 0 Å². The molecule has 2 fully saturated rings. The van der Waals surface area contributed by atoms with E-state index < -0.39 is 5.41 Å². The van der Waals surface area contributed by atoms with Crippen molar-refractivity contribution in [1.29, 1.82) is 5.26 Å². The summed E-state index contributed by atoms with van der Waals surface area (Å²) in [6.45, 7) is 4.35. The number of amides is 1. The molecule has 0 atom stereocenters. The van der Waals surface area contributed by atoms with Gasteiger partial charge in [-0.1, -0.05) is 26.7 Å². The Morgan fingerprint density at radius 1 is 1.32 bits per heavy atom. The van der Waals surface area contributed by atoms with Crippen LogP contribution in [0.3, 0.4) is 0 Å². The molecule has 0 radical (unpaired) electrons. The minimum absolute atomic E-state index is 0.00737. The maximum atomic E-state index is 12.3. The summed E-state index contributed by atoms with van der Waals surface area (Å²) < 4.78 is 0. The molecule has 0 aromatic carbocycles. The van der Waals surface area contributed by atoms with Crippen LogP contribution in [-0.2, 0) is 4.79 Å². The number of nitrogens with zero attached hydrogens (tertiary/aromatic N) is 1. The van der Waals surface area contributed by atoms with Crippen LogP contribution in [-0.4, -0.2) is 11.9 Å². The van der Waals surface area contributed by atoms with Crippen molar-refractivity contribution in [2.45, 2.75) is 71.3 Å². The molecule has 3 heteroatoms. The normalized spacial score (nSPS) is 38.1. The fourth-order valence-electron chi connectivity index (χ4n) is 3.78. The number of nitrogens with one attached hydrogen (secondary N) is 1. The van der Waals surface area contributed by atoms with E-state index in [9.17, 15) is 10.1 Å². The summed E-state index contributed by atoms with van der Waals surface area (Å²) in [5, 5.41) is 12.4. The van der Waals surface area contributed by atoms with Crippen LogP contribution in [0.2, 0.25) is 0 Å². The zero-order chi connectivity index (χ0) is 13.9. The van der Waals surface area contributed by atoms with Gasteiger partial charge in [0.2, 0.25) is 5.91 Å². The Labute approximate surface area is 116 Å². The Morgan fingerprint density at radius 3 is 2.42 bits per heavy atom. The van der Waals surface area contributed by atoms with Gasteiger partial charge in [0.25, 0.3) is 0 Å². The van der Waals surface area contributed by atoms with Crippen molar-refractivity contribution in [3.8, 4) is 6.07 Å². The van der Waals surface area contributed by atoms with Crippen molar-refractivity contribution in [2.24, 2.45) is 17.3 Å². The highest BCUT2D eigenvalue weighted by atomic mass is 16.2. The molecule has 0 saturated heterocycles. The number of carbonyl (C=O) groups excluding carboxylic acids is 1. The lowest BCUT2D eigenvalue weighted by Gasteiger charge is -2.40. The minimum atomic E-state index is -0.709. The average Bonchev–Trinajstić information content (AvgIpc) is 2.37. The molecule has 0 aromatic rings. The molecule has 2 saturated carbocycles. The van der Waals surface area contributed by atoms with Crippen LogP contribution in [0.15, 0.2) is 0 Å². The van der Waals surface area contributed by atoms with Crippen molar-refractivity contribution >= 4 is 5.91 Å². The van der Waals surface area contributed by atoms with Gasteiger partial charge >= 0.3 is 0 Å². The molecule has 2 aliphatic carbocycles. The van der Waals surface area contributed by atoms with Crippen LogP contribution in [0.4, 0.5) is 0 Å². The first kappa shape index (κ1) is 14.4. The summed E-state index contributed by atoms with van der Waals surface area (Å²) >= 11 is 0. The zero-order valence-electron chi connectivity index (χ0n) is 12.2. The van der Waals surface area contributed by atoms with Crippen LogP contribution in [0.5, 0.6) is 0 Å². The van der Waals surface area contributed by atoms with Gasteiger partial charge < -0.3 is 5.32 Å². The van der Waals surface area contributed by atoms with Gasteiger partial charge in [0.15, 0.2) is 0 Å². The third-order valence-corrected chi connectivity index (χ3v) is 4.92. The summed E-state index contributed by atoms with van der Waals surface area (Å²) in [6, 6.07) is 2.56. The van der Waals surface area contributed by atoms with Crippen LogP contribution in [0, 0.1) is 28.6 Å². The lowest BCUT2D eigenvalue weighted by atomic mass is 9.63. The summed E-state index contributed by atoms with van der Waals surface area (Å²) in [4.78, 5) is 12.3. The van der Waals surface area contributed by atoms with E-state index in [1.54, 1.807) is 0 Å². The average molecular weight is 262 g/mol. The van der Waals surface area contributed by atoms with E-state index in [1.165, 1.54) is 25.7 Å². The fraction of sp³-hybridized carbons (Fsp3) is 0.875. The van der Waals surface area contributed by atoms with Crippen molar-refractivity contribution in [3.63, 3.8) is 0 Å². The van der Waals surface area contributed by atoms with Gasteiger partial charge in [-0.2, -0.15) is 5.26 Å². The van der Waals surface area contributed by atoms with Gasteiger partial charge in [0.1, 0.15) is 5.41 Å². The molecule has 3 nitrogen and oxygen atoms in total. The van der Waals surface area contributed by atoms with E-state index in [1.807, 2.05) is 0 Å². The molecule has 0 bridgehead atoms. The van der Waals surface area contributed by atoms with Crippen molar-refractivity contribution in [3.05, 3.63) is 0 Å². The molecule has 0 aromatic heterocycles. The molecule has 106 valence electrons. The predicted octanol–water partition coefficient (Wildman–Crippen LogP) is 3.40. The van der Waals surface area contributed by atoms with E-state index in [-0.39, 0.29) is 5.91 Å². The van der Waals surface area contributed by atoms with E-state index in [4.69, 9.17) is 0 Å². The highest BCUT2D eigenvalue weighted by molar-refractivity contribution is 5.86. The number of hydrogen-bond donors (Lipinski definition) is 1. The first-order valence-electron chi connectivity index (χ1n) is 7.82. The van der Waals surface area contributed by atoms with Crippen LogP contribution < -0.4 is 5.32 Å². The Kier molecular flexibility index (Phi) is 4.50. The second-order valence-electron chi connectivity index (χ2n) is 6.69. The standard InChI is InChI=1S/C16H26N2O/c1-3-4-13-5-7-14(8-6-13)18-15(19)16(11-17)9-12(2)10-16/h12-14H,3-10H2,1-2H3,(H,18,19).